The van der Waals surface area contributed by atoms with Crippen LogP contribution in [0.5, 0.6) is 11.5 Å². The van der Waals surface area contributed by atoms with Gasteiger partial charge in [-0.05, 0) is 30.7 Å². The highest BCUT2D eigenvalue weighted by Gasteiger charge is 2.37. The summed E-state index contributed by atoms with van der Waals surface area (Å²) >= 11 is 3.72. The molecule has 0 aromatic heterocycles. The van der Waals surface area contributed by atoms with Crippen molar-refractivity contribution in [3.63, 3.8) is 0 Å². The minimum Gasteiger partial charge on any atom is -0.497 e. The SMILES string of the molecule is COc1ccc(C2(C)CCC(Br)C2)c(OC)c1. The molecule has 2 atom stereocenters. The van der Waals surface area contributed by atoms with Crippen LogP contribution in [0, 0.1) is 0 Å². The van der Waals surface area contributed by atoms with Gasteiger partial charge in [0.05, 0.1) is 14.2 Å². The Bertz CT molecular complexity index is 405. The maximum atomic E-state index is 5.51. The van der Waals surface area contributed by atoms with Crippen molar-refractivity contribution >= 4 is 15.9 Å². The Hall–Kier alpha value is -0.700. The van der Waals surface area contributed by atoms with Gasteiger partial charge in [-0.1, -0.05) is 28.9 Å². The van der Waals surface area contributed by atoms with E-state index < -0.39 is 0 Å². The molecule has 1 aromatic rings. The van der Waals surface area contributed by atoms with Crippen molar-refractivity contribution in [2.24, 2.45) is 0 Å². The van der Waals surface area contributed by atoms with Crippen LogP contribution in [-0.4, -0.2) is 19.0 Å². The fourth-order valence-electron chi connectivity index (χ4n) is 2.71. The lowest BCUT2D eigenvalue weighted by atomic mass is 9.80. The number of hydrogen-bond donors (Lipinski definition) is 0. The molecule has 0 radical (unpaired) electrons. The molecule has 94 valence electrons. The molecule has 1 aromatic carbocycles. The van der Waals surface area contributed by atoms with Gasteiger partial charge in [0.15, 0.2) is 0 Å². The molecule has 1 aliphatic rings. The van der Waals surface area contributed by atoms with Crippen LogP contribution < -0.4 is 9.47 Å². The third kappa shape index (κ3) is 2.44. The molecule has 1 aliphatic carbocycles. The van der Waals surface area contributed by atoms with Crippen molar-refractivity contribution in [3.8, 4) is 11.5 Å². The molecule has 0 aliphatic heterocycles. The summed E-state index contributed by atoms with van der Waals surface area (Å²) in [4.78, 5) is 0.624. The van der Waals surface area contributed by atoms with E-state index in [2.05, 4.69) is 28.9 Å². The van der Waals surface area contributed by atoms with Gasteiger partial charge in [0.25, 0.3) is 0 Å². The smallest absolute Gasteiger partial charge is 0.126 e. The van der Waals surface area contributed by atoms with E-state index in [0.29, 0.717) is 4.83 Å². The van der Waals surface area contributed by atoms with Crippen LogP contribution in [0.4, 0.5) is 0 Å². The van der Waals surface area contributed by atoms with E-state index in [9.17, 15) is 0 Å². The fourth-order valence-corrected chi connectivity index (χ4v) is 3.65. The lowest BCUT2D eigenvalue weighted by Crippen LogP contribution is -2.19. The van der Waals surface area contributed by atoms with Crippen LogP contribution in [0.3, 0.4) is 0 Å². The Balaban J connectivity index is 2.38. The Morgan fingerprint density at radius 1 is 1.29 bits per heavy atom. The van der Waals surface area contributed by atoms with Gasteiger partial charge in [-0.15, -0.1) is 0 Å². The first kappa shape index (κ1) is 12.7. The molecule has 0 bridgehead atoms. The minimum atomic E-state index is 0.214. The van der Waals surface area contributed by atoms with E-state index >= 15 is 0 Å². The second-order valence-corrected chi connectivity index (χ2v) is 6.26. The molecule has 0 amide bonds. The molecule has 0 spiro atoms. The summed E-state index contributed by atoms with van der Waals surface area (Å²) in [5, 5.41) is 0. The Labute approximate surface area is 111 Å². The van der Waals surface area contributed by atoms with Gasteiger partial charge in [-0.2, -0.15) is 0 Å². The predicted octanol–water partition coefficient (Wildman–Crippen LogP) is 3.91. The Kier molecular flexibility index (Phi) is 3.67. The summed E-state index contributed by atoms with van der Waals surface area (Å²) in [6, 6.07) is 6.13. The van der Waals surface area contributed by atoms with Crippen LogP contribution in [0.15, 0.2) is 18.2 Å². The van der Waals surface area contributed by atoms with Crippen LogP contribution in [0.25, 0.3) is 0 Å². The molecule has 2 nitrogen and oxygen atoms in total. The largest absolute Gasteiger partial charge is 0.497 e. The van der Waals surface area contributed by atoms with Crippen molar-refractivity contribution in [3.05, 3.63) is 23.8 Å². The number of hydrogen-bond acceptors (Lipinski definition) is 2. The highest BCUT2D eigenvalue weighted by Crippen LogP contribution is 2.47. The third-order valence-corrected chi connectivity index (χ3v) is 4.52. The Morgan fingerprint density at radius 2 is 2.06 bits per heavy atom. The van der Waals surface area contributed by atoms with Crippen LogP contribution in [0.1, 0.15) is 31.7 Å². The number of halogens is 1. The van der Waals surface area contributed by atoms with E-state index in [1.54, 1.807) is 14.2 Å². The fraction of sp³-hybridized carbons (Fsp3) is 0.571. The molecule has 3 heteroatoms. The number of methoxy groups -OCH3 is 2. The lowest BCUT2D eigenvalue weighted by Gasteiger charge is -2.26. The number of alkyl halides is 1. The van der Waals surface area contributed by atoms with E-state index in [-0.39, 0.29) is 5.41 Å². The highest BCUT2D eigenvalue weighted by molar-refractivity contribution is 9.09. The molecule has 0 saturated heterocycles. The molecule has 17 heavy (non-hydrogen) atoms. The third-order valence-electron chi connectivity index (χ3n) is 3.74. The van der Waals surface area contributed by atoms with Gasteiger partial charge in [0, 0.05) is 16.5 Å². The molecule has 2 unspecified atom stereocenters. The molecular formula is C14H19BrO2. The lowest BCUT2D eigenvalue weighted by molar-refractivity contribution is 0.375. The monoisotopic (exact) mass is 298 g/mol. The maximum absolute atomic E-state index is 5.51. The van der Waals surface area contributed by atoms with E-state index in [1.807, 2.05) is 12.1 Å². The summed E-state index contributed by atoms with van der Waals surface area (Å²) in [7, 11) is 3.41. The Morgan fingerprint density at radius 3 is 2.59 bits per heavy atom. The van der Waals surface area contributed by atoms with Crippen LogP contribution in [0.2, 0.25) is 0 Å². The zero-order valence-electron chi connectivity index (χ0n) is 10.6. The van der Waals surface area contributed by atoms with E-state index in [1.165, 1.54) is 18.4 Å². The molecular weight excluding hydrogens is 280 g/mol. The van der Waals surface area contributed by atoms with Crippen molar-refractivity contribution < 1.29 is 9.47 Å². The molecule has 0 N–H and O–H groups in total. The van der Waals surface area contributed by atoms with E-state index in [4.69, 9.17) is 9.47 Å². The first-order valence-electron chi connectivity index (χ1n) is 5.95. The molecule has 2 rings (SSSR count). The zero-order valence-corrected chi connectivity index (χ0v) is 12.2. The summed E-state index contributed by atoms with van der Waals surface area (Å²) in [6.07, 6.45) is 3.59. The minimum absolute atomic E-state index is 0.214. The average molecular weight is 299 g/mol. The normalized spacial score (nSPS) is 28.1. The van der Waals surface area contributed by atoms with Gasteiger partial charge < -0.3 is 9.47 Å². The van der Waals surface area contributed by atoms with Crippen molar-refractivity contribution in [2.75, 3.05) is 14.2 Å². The van der Waals surface area contributed by atoms with E-state index in [0.717, 1.165) is 17.9 Å². The summed E-state index contributed by atoms with van der Waals surface area (Å²) < 4.78 is 10.7. The van der Waals surface area contributed by atoms with Crippen LogP contribution >= 0.6 is 15.9 Å². The first-order chi connectivity index (χ1) is 8.09. The maximum Gasteiger partial charge on any atom is 0.126 e. The van der Waals surface area contributed by atoms with Gasteiger partial charge in [-0.3, -0.25) is 0 Å². The molecule has 1 fully saturated rings. The summed E-state index contributed by atoms with van der Waals surface area (Å²) in [5.74, 6) is 1.79. The van der Waals surface area contributed by atoms with Crippen LogP contribution in [-0.2, 0) is 5.41 Å². The summed E-state index contributed by atoms with van der Waals surface area (Å²) in [6.45, 7) is 2.32. The molecule has 1 saturated carbocycles. The van der Waals surface area contributed by atoms with Gasteiger partial charge in [0.1, 0.15) is 11.5 Å². The topological polar surface area (TPSA) is 18.5 Å². The second kappa shape index (κ2) is 4.89. The highest BCUT2D eigenvalue weighted by atomic mass is 79.9. The van der Waals surface area contributed by atoms with Gasteiger partial charge in [-0.25, -0.2) is 0 Å². The molecule has 0 heterocycles. The summed E-state index contributed by atoms with van der Waals surface area (Å²) in [5.41, 5.74) is 1.51. The quantitative estimate of drug-likeness (QED) is 0.788. The van der Waals surface area contributed by atoms with Crippen molar-refractivity contribution in [1.82, 2.24) is 0 Å². The standard InChI is InChI=1S/C14H19BrO2/c1-14(7-6-10(15)9-14)12-5-4-11(16-2)8-13(12)17-3/h4-5,8,10H,6-7,9H2,1-3H3. The number of ether oxygens (including phenoxy) is 2. The number of rotatable bonds is 3. The zero-order chi connectivity index (χ0) is 12.5. The predicted molar refractivity (Wildman–Crippen MR) is 73.5 cm³/mol. The average Bonchev–Trinajstić information content (AvgIpc) is 2.69. The van der Waals surface area contributed by atoms with Crippen molar-refractivity contribution in [2.45, 2.75) is 36.4 Å². The number of benzene rings is 1. The second-order valence-electron chi connectivity index (χ2n) is 4.97. The van der Waals surface area contributed by atoms with Gasteiger partial charge in [0.2, 0.25) is 0 Å². The van der Waals surface area contributed by atoms with Gasteiger partial charge >= 0.3 is 0 Å². The first-order valence-corrected chi connectivity index (χ1v) is 6.87. The van der Waals surface area contributed by atoms with Crippen molar-refractivity contribution in [1.29, 1.82) is 0 Å².